The molecule has 1 aromatic carbocycles. The monoisotopic (exact) mass is 322 g/mol. The van der Waals surface area contributed by atoms with Crippen LogP contribution in [-0.2, 0) is 0 Å². The standard InChI is InChI=1S/C16H23BrN2/c1-11-8-13(4-7-15(11)17)16(9-18)19(14-5-6-14)10-12-2-3-12/h4,7-8,12,14,16H,2-3,5-6,9-10,18H2,1H3. The quantitative estimate of drug-likeness (QED) is 0.866. The van der Waals surface area contributed by atoms with Gasteiger partial charge in [0.1, 0.15) is 0 Å². The zero-order chi connectivity index (χ0) is 13.4. The summed E-state index contributed by atoms with van der Waals surface area (Å²) < 4.78 is 1.19. The average molecular weight is 323 g/mol. The molecule has 2 saturated carbocycles. The molecule has 1 unspecified atom stereocenters. The fraction of sp³-hybridized carbons (Fsp3) is 0.625. The lowest BCUT2D eigenvalue weighted by atomic mass is 10.0. The van der Waals surface area contributed by atoms with Gasteiger partial charge in [0.05, 0.1) is 0 Å². The van der Waals surface area contributed by atoms with Crippen molar-refractivity contribution in [2.24, 2.45) is 11.7 Å². The maximum atomic E-state index is 6.10. The molecular weight excluding hydrogens is 300 g/mol. The fourth-order valence-corrected chi connectivity index (χ4v) is 3.12. The number of nitrogens with zero attached hydrogens (tertiary/aromatic N) is 1. The van der Waals surface area contributed by atoms with Crippen molar-refractivity contribution in [3.8, 4) is 0 Å². The van der Waals surface area contributed by atoms with Gasteiger partial charge in [-0.1, -0.05) is 28.1 Å². The van der Waals surface area contributed by atoms with E-state index in [1.54, 1.807) is 0 Å². The highest BCUT2D eigenvalue weighted by Gasteiger charge is 2.37. The van der Waals surface area contributed by atoms with E-state index in [-0.39, 0.29) is 0 Å². The van der Waals surface area contributed by atoms with E-state index in [0.717, 1.165) is 18.5 Å². The first-order chi connectivity index (χ1) is 9.19. The van der Waals surface area contributed by atoms with Crippen LogP contribution in [0, 0.1) is 12.8 Å². The summed E-state index contributed by atoms with van der Waals surface area (Å²) in [7, 11) is 0. The Bertz CT molecular complexity index is 452. The van der Waals surface area contributed by atoms with Crippen molar-refractivity contribution in [2.45, 2.75) is 44.7 Å². The lowest BCUT2D eigenvalue weighted by molar-refractivity contribution is 0.182. The second-order valence-corrected chi connectivity index (χ2v) is 6.99. The van der Waals surface area contributed by atoms with Crippen molar-refractivity contribution in [1.82, 2.24) is 4.90 Å². The van der Waals surface area contributed by atoms with Crippen molar-refractivity contribution >= 4 is 15.9 Å². The Morgan fingerprint density at radius 1 is 1.32 bits per heavy atom. The number of aryl methyl sites for hydroxylation is 1. The first kappa shape index (κ1) is 13.6. The van der Waals surface area contributed by atoms with E-state index in [2.05, 4.69) is 46.0 Å². The molecule has 104 valence electrons. The Labute approximate surface area is 124 Å². The topological polar surface area (TPSA) is 29.3 Å². The maximum absolute atomic E-state index is 6.10. The molecule has 3 rings (SSSR count). The molecule has 0 aromatic heterocycles. The van der Waals surface area contributed by atoms with E-state index in [0.29, 0.717) is 6.04 Å². The van der Waals surface area contributed by atoms with E-state index in [4.69, 9.17) is 5.73 Å². The zero-order valence-electron chi connectivity index (χ0n) is 11.6. The molecule has 2 aliphatic carbocycles. The van der Waals surface area contributed by atoms with Gasteiger partial charge in [-0.15, -0.1) is 0 Å². The molecule has 1 aromatic rings. The van der Waals surface area contributed by atoms with Crippen LogP contribution in [-0.4, -0.2) is 24.0 Å². The summed E-state index contributed by atoms with van der Waals surface area (Å²) in [5.74, 6) is 0.936. The largest absolute Gasteiger partial charge is 0.329 e. The number of benzene rings is 1. The summed E-state index contributed by atoms with van der Waals surface area (Å²) in [6.45, 7) is 4.13. The van der Waals surface area contributed by atoms with Crippen molar-refractivity contribution in [3.63, 3.8) is 0 Å². The van der Waals surface area contributed by atoms with Gasteiger partial charge in [-0.3, -0.25) is 4.90 Å². The van der Waals surface area contributed by atoms with Crippen molar-refractivity contribution in [1.29, 1.82) is 0 Å². The predicted molar refractivity (Wildman–Crippen MR) is 83.1 cm³/mol. The van der Waals surface area contributed by atoms with Gasteiger partial charge in [-0.25, -0.2) is 0 Å². The Morgan fingerprint density at radius 2 is 2.05 bits per heavy atom. The van der Waals surface area contributed by atoms with Crippen LogP contribution in [0.3, 0.4) is 0 Å². The van der Waals surface area contributed by atoms with Gasteiger partial charge in [0.25, 0.3) is 0 Å². The number of rotatable bonds is 6. The second-order valence-electron chi connectivity index (χ2n) is 6.13. The summed E-state index contributed by atoms with van der Waals surface area (Å²) in [5.41, 5.74) is 8.79. The molecule has 0 aliphatic heterocycles. The Morgan fingerprint density at radius 3 is 2.58 bits per heavy atom. The van der Waals surface area contributed by atoms with Crippen LogP contribution < -0.4 is 5.73 Å². The summed E-state index contributed by atoms with van der Waals surface area (Å²) in [6.07, 6.45) is 5.55. The van der Waals surface area contributed by atoms with Crippen molar-refractivity contribution < 1.29 is 0 Å². The number of hydrogen-bond donors (Lipinski definition) is 1. The molecule has 0 bridgehead atoms. The van der Waals surface area contributed by atoms with Crippen molar-refractivity contribution in [3.05, 3.63) is 33.8 Å². The first-order valence-corrected chi connectivity index (χ1v) is 8.20. The lowest BCUT2D eigenvalue weighted by Crippen LogP contribution is -2.37. The number of nitrogens with two attached hydrogens (primary N) is 1. The van der Waals surface area contributed by atoms with E-state index in [1.807, 2.05) is 0 Å². The summed E-state index contributed by atoms with van der Waals surface area (Å²) in [5, 5.41) is 0. The van der Waals surface area contributed by atoms with E-state index < -0.39 is 0 Å². The molecule has 2 fully saturated rings. The molecule has 2 N–H and O–H groups in total. The molecule has 0 saturated heterocycles. The third-order valence-corrected chi connectivity index (χ3v) is 5.26. The van der Waals surface area contributed by atoms with Gasteiger partial charge < -0.3 is 5.73 Å². The molecule has 19 heavy (non-hydrogen) atoms. The Hall–Kier alpha value is -0.380. The summed E-state index contributed by atoms with van der Waals surface area (Å²) >= 11 is 3.58. The molecule has 0 amide bonds. The zero-order valence-corrected chi connectivity index (χ0v) is 13.2. The molecule has 0 radical (unpaired) electrons. The highest BCUT2D eigenvalue weighted by molar-refractivity contribution is 9.10. The van der Waals surface area contributed by atoms with Gasteiger partial charge in [-0.05, 0) is 55.7 Å². The first-order valence-electron chi connectivity index (χ1n) is 7.41. The number of hydrogen-bond acceptors (Lipinski definition) is 2. The van der Waals surface area contributed by atoms with Gasteiger partial charge in [0, 0.05) is 29.6 Å². The Kier molecular flexibility index (Phi) is 3.97. The van der Waals surface area contributed by atoms with Crippen LogP contribution in [0.1, 0.15) is 42.9 Å². The molecule has 3 heteroatoms. The number of halogens is 1. The molecule has 2 aliphatic rings. The minimum atomic E-state index is 0.403. The summed E-state index contributed by atoms with van der Waals surface area (Å²) in [4.78, 5) is 2.68. The van der Waals surface area contributed by atoms with Crippen LogP contribution in [0.15, 0.2) is 22.7 Å². The molecular formula is C16H23BrN2. The minimum absolute atomic E-state index is 0.403. The van der Waals surface area contributed by atoms with E-state index >= 15 is 0 Å². The van der Waals surface area contributed by atoms with Gasteiger partial charge >= 0.3 is 0 Å². The van der Waals surface area contributed by atoms with Gasteiger partial charge in [0.2, 0.25) is 0 Å². The van der Waals surface area contributed by atoms with Gasteiger partial charge in [-0.2, -0.15) is 0 Å². The third-order valence-electron chi connectivity index (χ3n) is 4.37. The molecule has 1 atom stereocenters. The maximum Gasteiger partial charge on any atom is 0.0473 e. The van der Waals surface area contributed by atoms with Gasteiger partial charge in [0.15, 0.2) is 0 Å². The van der Waals surface area contributed by atoms with Crippen LogP contribution in [0.5, 0.6) is 0 Å². The Balaban J connectivity index is 1.81. The van der Waals surface area contributed by atoms with Crippen LogP contribution in [0.4, 0.5) is 0 Å². The molecule has 0 heterocycles. The third kappa shape index (κ3) is 3.21. The summed E-state index contributed by atoms with van der Waals surface area (Å²) in [6, 6.07) is 7.88. The van der Waals surface area contributed by atoms with E-state index in [1.165, 1.54) is 47.8 Å². The average Bonchev–Trinajstić information content (AvgIpc) is 3.27. The lowest BCUT2D eigenvalue weighted by Gasteiger charge is -2.31. The van der Waals surface area contributed by atoms with Crippen LogP contribution in [0.2, 0.25) is 0 Å². The molecule has 2 nitrogen and oxygen atoms in total. The van der Waals surface area contributed by atoms with Crippen LogP contribution >= 0.6 is 15.9 Å². The SMILES string of the molecule is Cc1cc(C(CN)N(CC2CC2)C2CC2)ccc1Br. The second kappa shape index (κ2) is 5.55. The highest BCUT2D eigenvalue weighted by atomic mass is 79.9. The van der Waals surface area contributed by atoms with Crippen molar-refractivity contribution in [2.75, 3.05) is 13.1 Å². The molecule has 0 spiro atoms. The minimum Gasteiger partial charge on any atom is -0.329 e. The smallest absolute Gasteiger partial charge is 0.0473 e. The highest BCUT2D eigenvalue weighted by Crippen LogP contribution is 2.39. The predicted octanol–water partition coefficient (Wildman–Crippen LogP) is 3.63. The normalized spacial score (nSPS) is 20.8. The fourth-order valence-electron chi connectivity index (χ4n) is 2.87. The van der Waals surface area contributed by atoms with E-state index in [9.17, 15) is 0 Å². The van der Waals surface area contributed by atoms with Crippen LogP contribution in [0.25, 0.3) is 0 Å².